The summed E-state index contributed by atoms with van der Waals surface area (Å²) in [7, 11) is 0. The average molecular weight is 369 g/mol. The van der Waals surface area contributed by atoms with Gasteiger partial charge in [0.25, 0.3) is 5.56 Å². The molecular formula is C20H27N5O2. The summed E-state index contributed by atoms with van der Waals surface area (Å²) in [4.78, 5) is 14.8. The fraction of sp³-hybridized carbons (Fsp3) is 0.650. The van der Waals surface area contributed by atoms with Crippen molar-refractivity contribution in [2.45, 2.75) is 58.3 Å². The van der Waals surface area contributed by atoms with Crippen LogP contribution in [0, 0.1) is 5.92 Å². The number of aromatic nitrogens is 4. The minimum Gasteiger partial charge on any atom is -0.373 e. The van der Waals surface area contributed by atoms with Crippen LogP contribution < -0.4 is 5.56 Å². The normalized spacial score (nSPS) is 20.6. The van der Waals surface area contributed by atoms with Crippen molar-refractivity contribution in [3.05, 3.63) is 45.1 Å². The zero-order valence-electron chi connectivity index (χ0n) is 15.8. The molecule has 1 fully saturated rings. The van der Waals surface area contributed by atoms with Gasteiger partial charge < -0.3 is 4.74 Å². The van der Waals surface area contributed by atoms with Crippen molar-refractivity contribution in [3.63, 3.8) is 0 Å². The van der Waals surface area contributed by atoms with Crippen molar-refractivity contribution in [3.8, 4) is 0 Å². The first-order valence-corrected chi connectivity index (χ1v) is 10.2. The maximum absolute atomic E-state index is 12.3. The van der Waals surface area contributed by atoms with Gasteiger partial charge in [-0.2, -0.15) is 10.2 Å². The Hall–Kier alpha value is -1.99. The summed E-state index contributed by atoms with van der Waals surface area (Å²) in [5.74, 6) is 0.537. The molecule has 3 aliphatic rings. The highest BCUT2D eigenvalue weighted by atomic mass is 16.5. The molecule has 0 spiro atoms. The van der Waals surface area contributed by atoms with E-state index in [9.17, 15) is 4.79 Å². The van der Waals surface area contributed by atoms with Crippen LogP contribution in [0.1, 0.15) is 41.8 Å². The predicted molar refractivity (Wildman–Crippen MR) is 100 cm³/mol. The van der Waals surface area contributed by atoms with Crippen molar-refractivity contribution in [2.75, 3.05) is 19.7 Å². The Labute approximate surface area is 158 Å². The summed E-state index contributed by atoms with van der Waals surface area (Å²) in [5.41, 5.74) is 4.91. The van der Waals surface area contributed by atoms with E-state index in [0.717, 1.165) is 77.1 Å². The minimum absolute atomic E-state index is 0.0737. The van der Waals surface area contributed by atoms with Crippen LogP contribution in [0.5, 0.6) is 0 Å². The summed E-state index contributed by atoms with van der Waals surface area (Å²) >= 11 is 0. The zero-order valence-corrected chi connectivity index (χ0v) is 15.8. The number of rotatable bonds is 4. The third kappa shape index (κ3) is 3.46. The molecule has 2 aromatic rings. The van der Waals surface area contributed by atoms with Crippen molar-refractivity contribution >= 4 is 0 Å². The van der Waals surface area contributed by atoms with E-state index in [2.05, 4.69) is 19.8 Å². The molecule has 7 heteroatoms. The number of hydrogen-bond acceptors (Lipinski definition) is 5. The SMILES string of the molecule is O=c1cc2c(nn1CC1CCN(Cc3cnn4c3COCC4)CC1)CCC2. The van der Waals surface area contributed by atoms with Gasteiger partial charge in [-0.15, -0.1) is 0 Å². The van der Waals surface area contributed by atoms with E-state index in [1.807, 2.05) is 12.3 Å². The van der Waals surface area contributed by atoms with E-state index in [4.69, 9.17) is 4.74 Å². The summed E-state index contributed by atoms with van der Waals surface area (Å²) in [6.07, 6.45) is 7.41. The second-order valence-corrected chi connectivity index (χ2v) is 8.10. The fourth-order valence-corrected chi connectivity index (χ4v) is 4.64. The molecule has 2 aromatic heterocycles. The van der Waals surface area contributed by atoms with Gasteiger partial charge in [0, 0.05) is 24.7 Å². The van der Waals surface area contributed by atoms with Crippen LogP contribution in [0.15, 0.2) is 17.1 Å². The lowest BCUT2D eigenvalue weighted by atomic mass is 9.96. The van der Waals surface area contributed by atoms with Gasteiger partial charge in [-0.05, 0) is 56.7 Å². The first-order valence-electron chi connectivity index (χ1n) is 10.2. The van der Waals surface area contributed by atoms with Gasteiger partial charge >= 0.3 is 0 Å². The topological polar surface area (TPSA) is 65.2 Å². The van der Waals surface area contributed by atoms with Crippen molar-refractivity contribution in [1.82, 2.24) is 24.5 Å². The number of likely N-dealkylation sites (tertiary alicyclic amines) is 1. The lowest BCUT2D eigenvalue weighted by Gasteiger charge is -2.32. The van der Waals surface area contributed by atoms with E-state index in [-0.39, 0.29) is 5.56 Å². The summed E-state index contributed by atoms with van der Waals surface area (Å²) < 4.78 is 9.39. The number of ether oxygens (including phenoxy) is 1. The van der Waals surface area contributed by atoms with Crippen molar-refractivity contribution < 1.29 is 4.74 Å². The number of piperidine rings is 1. The van der Waals surface area contributed by atoms with Crippen LogP contribution >= 0.6 is 0 Å². The molecule has 0 aromatic carbocycles. The Morgan fingerprint density at radius 2 is 2.07 bits per heavy atom. The Morgan fingerprint density at radius 3 is 2.96 bits per heavy atom. The summed E-state index contributed by atoms with van der Waals surface area (Å²) in [5, 5.41) is 9.14. The molecule has 7 nitrogen and oxygen atoms in total. The van der Waals surface area contributed by atoms with E-state index >= 15 is 0 Å². The van der Waals surface area contributed by atoms with Crippen LogP contribution in [0.25, 0.3) is 0 Å². The Bertz CT molecular complexity index is 879. The molecule has 0 radical (unpaired) electrons. The molecule has 0 bridgehead atoms. The average Bonchev–Trinajstić information content (AvgIpc) is 3.30. The highest BCUT2D eigenvalue weighted by Crippen LogP contribution is 2.23. The van der Waals surface area contributed by atoms with Crippen molar-refractivity contribution in [1.29, 1.82) is 0 Å². The third-order valence-corrected chi connectivity index (χ3v) is 6.28. The smallest absolute Gasteiger partial charge is 0.267 e. The molecule has 0 unspecified atom stereocenters. The van der Waals surface area contributed by atoms with Crippen LogP contribution in [0.4, 0.5) is 0 Å². The molecule has 0 atom stereocenters. The Morgan fingerprint density at radius 1 is 1.19 bits per heavy atom. The number of hydrogen-bond donors (Lipinski definition) is 0. The second-order valence-electron chi connectivity index (χ2n) is 8.10. The van der Waals surface area contributed by atoms with Crippen LogP contribution in [-0.4, -0.2) is 44.2 Å². The Kier molecular flexibility index (Phi) is 4.57. The standard InChI is InChI=1S/C20H27N5O2/c26-20-10-16-2-1-3-18(16)22-25(20)12-15-4-6-23(7-5-15)13-17-11-21-24-8-9-27-14-19(17)24/h10-11,15H,1-9,12-14H2. The predicted octanol–water partition coefficient (Wildman–Crippen LogP) is 1.37. The van der Waals surface area contributed by atoms with Crippen LogP contribution in [0.3, 0.4) is 0 Å². The molecule has 1 saturated heterocycles. The minimum atomic E-state index is 0.0737. The van der Waals surface area contributed by atoms with Gasteiger partial charge in [0.1, 0.15) is 0 Å². The van der Waals surface area contributed by atoms with Crippen LogP contribution in [0.2, 0.25) is 0 Å². The molecule has 27 heavy (non-hydrogen) atoms. The second kappa shape index (κ2) is 7.20. The molecule has 5 rings (SSSR count). The number of aryl methyl sites for hydroxylation is 2. The highest BCUT2D eigenvalue weighted by Gasteiger charge is 2.24. The zero-order chi connectivity index (χ0) is 18.2. The molecule has 0 N–H and O–H groups in total. The molecule has 1 aliphatic carbocycles. The maximum atomic E-state index is 12.3. The van der Waals surface area contributed by atoms with Gasteiger partial charge in [0.05, 0.1) is 37.3 Å². The Balaban J connectivity index is 1.19. The molecule has 0 amide bonds. The highest BCUT2D eigenvalue weighted by molar-refractivity contribution is 5.22. The maximum Gasteiger partial charge on any atom is 0.267 e. The molecule has 144 valence electrons. The third-order valence-electron chi connectivity index (χ3n) is 6.28. The van der Waals surface area contributed by atoms with Crippen molar-refractivity contribution in [2.24, 2.45) is 5.92 Å². The molecule has 0 saturated carbocycles. The lowest BCUT2D eigenvalue weighted by molar-refractivity contribution is 0.0782. The van der Waals surface area contributed by atoms with E-state index < -0.39 is 0 Å². The van der Waals surface area contributed by atoms with Gasteiger partial charge in [-0.25, -0.2) is 4.68 Å². The van der Waals surface area contributed by atoms with Gasteiger partial charge in [0.2, 0.25) is 0 Å². The van der Waals surface area contributed by atoms with E-state index in [1.165, 1.54) is 16.8 Å². The molecule has 2 aliphatic heterocycles. The molecular weight excluding hydrogens is 342 g/mol. The number of nitrogens with zero attached hydrogens (tertiary/aromatic N) is 5. The first kappa shape index (κ1) is 17.1. The monoisotopic (exact) mass is 369 g/mol. The quantitative estimate of drug-likeness (QED) is 0.814. The first-order chi connectivity index (χ1) is 13.3. The molecule has 4 heterocycles. The fourth-order valence-electron chi connectivity index (χ4n) is 4.64. The van der Waals surface area contributed by atoms with E-state index in [1.54, 1.807) is 4.68 Å². The van der Waals surface area contributed by atoms with Gasteiger partial charge in [-0.1, -0.05) is 0 Å². The van der Waals surface area contributed by atoms with Gasteiger partial charge in [0.15, 0.2) is 0 Å². The van der Waals surface area contributed by atoms with E-state index in [0.29, 0.717) is 12.5 Å². The van der Waals surface area contributed by atoms with Gasteiger partial charge in [-0.3, -0.25) is 14.4 Å². The summed E-state index contributed by atoms with van der Waals surface area (Å²) in [6, 6.07) is 1.82. The lowest BCUT2D eigenvalue weighted by Crippen LogP contribution is -2.37. The number of fused-ring (bicyclic) bond motifs is 2. The largest absolute Gasteiger partial charge is 0.373 e. The summed E-state index contributed by atoms with van der Waals surface area (Å²) in [6.45, 7) is 6.14. The van der Waals surface area contributed by atoms with Crippen LogP contribution in [-0.2, 0) is 43.8 Å².